The van der Waals surface area contributed by atoms with E-state index in [1.165, 1.54) is 0 Å². The van der Waals surface area contributed by atoms with Gasteiger partial charge in [0, 0.05) is 39.8 Å². The lowest BCUT2D eigenvalue weighted by Crippen LogP contribution is -2.21. The first-order valence-corrected chi connectivity index (χ1v) is 10.2. The van der Waals surface area contributed by atoms with Crippen molar-refractivity contribution in [2.24, 2.45) is 0 Å². The Hall–Kier alpha value is -2.18. The van der Waals surface area contributed by atoms with E-state index in [2.05, 4.69) is 45.4 Å². The molecule has 4 nitrogen and oxygen atoms in total. The standard InChI is InChI=1S/C20H20BrN3OS/c1-3-24(4-2)20-23-18(13-26-20)14-8-10-17(11-9-14)22-19(25)15-6-5-7-16(21)12-15/h5-13H,3-4H2,1-2H3,(H,22,25). The Bertz CT molecular complexity index is 888. The number of hydrogen-bond acceptors (Lipinski definition) is 4. The predicted molar refractivity (Wildman–Crippen MR) is 113 cm³/mol. The normalized spacial score (nSPS) is 10.6. The number of nitrogens with zero attached hydrogens (tertiary/aromatic N) is 2. The minimum atomic E-state index is -0.128. The number of thiazole rings is 1. The van der Waals surface area contributed by atoms with E-state index in [0.29, 0.717) is 5.56 Å². The number of carbonyl (C=O) groups excluding carboxylic acids is 1. The minimum absolute atomic E-state index is 0.128. The van der Waals surface area contributed by atoms with Crippen LogP contribution in [-0.4, -0.2) is 24.0 Å². The molecule has 0 bridgehead atoms. The lowest BCUT2D eigenvalue weighted by Gasteiger charge is -2.16. The molecule has 0 radical (unpaired) electrons. The molecule has 0 aliphatic heterocycles. The highest BCUT2D eigenvalue weighted by Gasteiger charge is 2.10. The first-order valence-electron chi connectivity index (χ1n) is 8.48. The van der Waals surface area contributed by atoms with Crippen LogP contribution in [-0.2, 0) is 0 Å². The van der Waals surface area contributed by atoms with Gasteiger partial charge in [-0.15, -0.1) is 11.3 Å². The third-order valence-electron chi connectivity index (χ3n) is 4.05. The molecule has 3 rings (SSSR count). The van der Waals surface area contributed by atoms with Crippen LogP contribution in [0.2, 0.25) is 0 Å². The average molecular weight is 430 g/mol. The predicted octanol–water partition coefficient (Wildman–Crippen LogP) is 5.67. The highest BCUT2D eigenvalue weighted by atomic mass is 79.9. The van der Waals surface area contributed by atoms with Crippen LogP contribution in [0.25, 0.3) is 11.3 Å². The number of rotatable bonds is 6. The van der Waals surface area contributed by atoms with E-state index in [9.17, 15) is 4.79 Å². The Morgan fingerprint density at radius 1 is 1.15 bits per heavy atom. The molecule has 0 spiro atoms. The lowest BCUT2D eigenvalue weighted by atomic mass is 10.1. The lowest BCUT2D eigenvalue weighted by molar-refractivity contribution is 0.102. The van der Waals surface area contributed by atoms with Crippen molar-refractivity contribution in [1.29, 1.82) is 0 Å². The van der Waals surface area contributed by atoms with Gasteiger partial charge in [-0.3, -0.25) is 4.79 Å². The van der Waals surface area contributed by atoms with E-state index in [4.69, 9.17) is 4.98 Å². The van der Waals surface area contributed by atoms with Crippen LogP contribution < -0.4 is 10.2 Å². The summed E-state index contributed by atoms with van der Waals surface area (Å²) in [4.78, 5) is 19.3. The zero-order valence-electron chi connectivity index (χ0n) is 14.7. The number of carbonyl (C=O) groups is 1. The topological polar surface area (TPSA) is 45.2 Å². The number of amides is 1. The smallest absolute Gasteiger partial charge is 0.255 e. The van der Waals surface area contributed by atoms with Crippen LogP contribution in [0, 0.1) is 0 Å². The second kappa shape index (κ2) is 8.47. The van der Waals surface area contributed by atoms with Gasteiger partial charge in [0.25, 0.3) is 5.91 Å². The molecule has 1 amide bonds. The van der Waals surface area contributed by atoms with Crippen molar-refractivity contribution in [3.63, 3.8) is 0 Å². The summed E-state index contributed by atoms with van der Waals surface area (Å²) in [5.41, 5.74) is 3.38. The van der Waals surface area contributed by atoms with Crippen molar-refractivity contribution in [3.05, 3.63) is 63.9 Å². The van der Waals surface area contributed by atoms with Gasteiger partial charge in [0.05, 0.1) is 5.69 Å². The zero-order valence-corrected chi connectivity index (χ0v) is 17.1. The van der Waals surface area contributed by atoms with E-state index in [0.717, 1.165) is 39.6 Å². The molecule has 0 aliphatic rings. The quantitative estimate of drug-likeness (QED) is 0.548. The maximum atomic E-state index is 12.3. The summed E-state index contributed by atoms with van der Waals surface area (Å²) in [7, 11) is 0. The van der Waals surface area contributed by atoms with Gasteiger partial charge in [-0.25, -0.2) is 4.98 Å². The second-order valence-electron chi connectivity index (χ2n) is 5.73. The molecule has 0 aliphatic carbocycles. The third-order valence-corrected chi connectivity index (χ3v) is 5.45. The summed E-state index contributed by atoms with van der Waals surface area (Å²) >= 11 is 5.04. The van der Waals surface area contributed by atoms with E-state index in [-0.39, 0.29) is 5.91 Å². The molecule has 0 fully saturated rings. The fourth-order valence-corrected chi connectivity index (χ4v) is 3.96. The van der Waals surface area contributed by atoms with Gasteiger partial charge >= 0.3 is 0 Å². The third kappa shape index (κ3) is 4.31. The first kappa shape index (κ1) is 18.6. The van der Waals surface area contributed by atoms with Gasteiger partial charge < -0.3 is 10.2 Å². The molecular formula is C20H20BrN3OS. The van der Waals surface area contributed by atoms with Crippen molar-refractivity contribution < 1.29 is 4.79 Å². The fourth-order valence-electron chi connectivity index (χ4n) is 2.59. The summed E-state index contributed by atoms with van der Waals surface area (Å²) in [6, 6.07) is 15.1. The van der Waals surface area contributed by atoms with Gasteiger partial charge in [0.2, 0.25) is 0 Å². The van der Waals surface area contributed by atoms with Crippen LogP contribution in [0.5, 0.6) is 0 Å². The van der Waals surface area contributed by atoms with Crippen LogP contribution in [0.15, 0.2) is 58.4 Å². The number of nitrogens with one attached hydrogen (secondary N) is 1. The van der Waals surface area contributed by atoms with Crippen LogP contribution >= 0.6 is 27.3 Å². The molecule has 0 atom stereocenters. The number of benzene rings is 2. The Labute approximate surface area is 166 Å². The van der Waals surface area contributed by atoms with Crippen molar-refractivity contribution >= 4 is 44.0 Å². The van der Waals surface area contributed by atoms with Crippen LogP contribution in [0.4, 0.5) is 10.8 Å². The average Bonchev–Trinajstić information content (AvgIpc) is 3.13. The second-order valence-corrected chi connectivity index (χ2v) is 7.48. The van der Waals surface area contributed by atoms with E-state index in [1.807, 2.05) is 36.4 Å². The Balaban J connectivity index is 1.71. The highest BCUT2D eigenvalue weighted by Crippen LogP contribution is 2.28. The van der Waals surface area contributed by atoms with Gasteiger partial charge in [0.1, 0.15) is 0 Å². The van der Waals surface area contributed by atoms with Gasteiger partial charge in [0.15, 0.2) is 5.13 Å². The summed E-state index contributed by atoms with van der Waals surface area (Å²) in [5.74, 6) is -0.128. The molecule has 1 N–H and O–H groups in total. The number of aromatic nitrogens is 1. The Morgan fingerprint density at radius 3 is 2.54 bits per heavy atom. The van der Waals surface area contributed by atoms with Crippen molar-refractivity contribution in [2.75, 3.05) is 23.3 Å². The maximum absolute atomic E-state index is 12.3. The molecule has 134 valence electrons. The Morgan fingerprint density at radius 2 is 1.88 bits per heavy atom. The van der Waals surface area contributed by atoms with Gasteiger partial charge in [-0.2, -0.15) is 0 Å². The number of anilines is 2. The number of halogens is 1. The molecule has 2 aromatic carbocycles. The SMILES string of the molecule is CCN(CC)c1nc(-c2ccc(NC(=O)c3cccc(Br)c3)cc2)cs1. The summed E-state index contributed by atoms with van der Waals surface area (Å²) in [6.45, 7) is 6.16. The molecule has 1 heterocycles. The largest absolute Gasteiger partial charge is 0.349 e. The van der Waals surface area contributed by atoms with Crippen LogP contribution in [0.1, 0.15) is 24.2 Å². The van der Waals surface area contributed by atoms with Crippen molar-refractivity contribution in [1.82, 2.24) is 4.98 Å². The molecule has 0 saturated heterocycles. The maximum Gasteiger partial charge on any atom is 0.255 e. The molecule has 3 aromatic rings. The first-order chi connectivity index (χ1) is 12.6. The summed E-state index contributed by atoms with van der Waals surface area (Å²) < 4.78 is 0.882. The van der Waals surface area contributed by atoms with E-state index in [1.54, 1.807) is 23.5 Å². The Kier molecular flexibility index (Phi) is 6.06. The number of hydrogen-bond donors (Lipinski definition) is 1. The van der Waals surface area contributed by atoms with Gasteiger partial charge in [-0.05, 0) is 44.2 Å². The van der Waals surface area contributed by atoms with Crippen molar-refractivity contribution in [2.45, 2.75) is 13.8 Å². The molecule has 0 unspecified atom stereocenters. The molecule has 26 heavy (non-hydrogen) atoms. The molecule has 6 heteroatoms. The molecule has 0 saturated carbocycles. The minimum Gasteiger partial charge on any atom is -0.349 e. The summed E-state index contributed by atoms with van der Waals surface area (Å²) in [5, 5.41) is 6.03. The molecule has 1 aromatic heterocycles. The van der Waals surface area contributed by atoms with Gasteiger partial charge in [-0.1, -0.05) is 34.1 Å². The summed E-state index contributed by atoms with van der Waals surface area (Å²) in [6.07, 6.45) is 0. The molecular weight excluding hydrogens is 410 g/mol. The fraction of sp³-hybridized carbons (Fsp3) is 0.200. The van der Waals surface area contributed by atoms with Crippen molar-refractivity contribution in [3.8, 4) is 11.3 Å². The monoisotopic (exact) mass is 429 g/mol. The van der Waals surface area contributed by atoms with E-state index < -0.39 is 0 Å². The van der Waals surface area contributed by atoms with Crippen LogP contribution in [0.3, 0.4) is 0 Å². The zero-order chi connectivity index (χ0) is 18.5. The van der Waals surface area contributed by atoms with E-state index >= 15 is 0 Å². The highest BCUT2D eigenvalue weighted by molar-refractivity contribution is 9.10.